The predicted molar refractivity (Wildman–Crippen MR) is 129 cm³/mol. The molecule has 0 aliphatic carbocycles. The van der Waals surface area contributed by atoms with Crippen LogP contribution in [0.15, 0.2) is 72.8 Å². The van der Waals surface area contributed by atoms with Crippen LogP contribution in [0.3, 0.4) is 0 Å². The first-order chi connectivity index (χ1) is 16.9. The van der Waals surface area contributed by atoms with E-state index >= 15 is 0 Å². The third kappa shape index (κ3) is 5.85. The van der Waals surface area contributed by atoms with E-state index in [4.69, 9.17) is 4.74 Å². The summed E-state index contributed by atoms with van der Waals surface area (Å²) >= 11 is 0. The van der Waals surface area contributed by atoms with Crippen molar-refractivity contribution in [2.24, 2.45) is 0 Å². The van der Waals surface area contributed by atoms with Gasteiger partial charge in [-0.1, -0.05) is 24.3 Å². The van der Waals surface area contributed by atoms with Crippen molar-refractivity contribution in [3.05, 3.63) is 95.1 Å². The van der Waals surface area contributed by atoms with Crippen LogP contribution in [0, 0.1) is 0 Å². The molecular formula is C27H26N2O6. The summed E-state index contributed by atoms with van der Waals surface area (Å²) in [5, 5.41) is 25.5. The highest BCUT2D eigenvalue weighted by Gasteiger charge is 2.29. The molecular weight excluding hydrogens is 448 g/mol. The summed E-state index contributed by atoms with van der Waals surface area (Å²) in [6.45, 7) is 1.18. The molecule has 180 valence electrons. The lowest BCUT2D eigenvalue weighted by Crippen LogP contribution is -2.49. The van der Waals surface area contributed by atoms with Gasteiger partial charge < -0.3 is 25.6 Å². The Bertz CT molecular complexity index is 1210. The molecule has 1 amide bonds. The number of benzene rings is 3. The second-order valence-electron chi connectivity index (χ2n) is 8.34. The van der Waals surface area contributed by atoms with Gasteiger partial charge in [0.15, 0.2) is 5.78 Å². The SMILES string of the molecule is O=C(N[C@@H]1CNCCC[C@H]1OC(=O)c1ccc(C(=O)c2ccccc2O)cc1)c1ccc(O)cc1. The topological polar surface area (TPSA) is 125 Å². The zero-order valence-corrected chi connectivity index (χ0v) is 18.9. The van der Waals surface area contributed by atoms with Gasteiger partial charge in [-0.2, -0.15) is 0 Å². The molecule has 1 saturated heterocycles. The Morgan fingerprint density at radius 2 is 1.51 bits per heavy atom. The molecule has 1 aliphatic rings. The Morgan fingerprint density at radius 1 is 0.857 bits per heavy atom. The normalized spacial score (nSPS) is 17.7. The molecule has 8 nitrogen and oxygen atoms in total. The Hall–Kier alpha value is -4.17. The van der Waals surface area contributed by atoms with Gasteiger partial charge in [0.2, 0.25) is 0 Å². The summed E-state index contributed by atoms with van der Waals surface area (Å²) in [6, 6.07) is 17.8. The van der Waals surface area contributed by atoms with E-state index in [1.165, 1.54) is 60.7 Å². The van der Waals surface area contributed by atoms with E-state index in [0.717, 1.165) is 13.0 Å². The smallest absolute Gasteiger partial charge is 0.338 e. The average molecular weight is 475 g/mol. The number of rotatable bonds is 6. The molecule has 4 N–H and O–H groups in total. The quantitative estimate of drug-likeness (QED) is 0.320. The Morgan fingerprint density at radius 3 is 2.23 bits per heavy atom. The molecule has 0 radical (unpaired) electrons. The van der Waals surface area contributed by atoms with Crippen LogP contribution in [-0.4, -0.2) is 53.1 Å². The monoisotopic (exact) mass is 474 g/mol. The molecule has 0 bridgehead atoms. The lowest BCUT2D eigenvalue weighted by atomic mass is 10.0. The van der Waals surface area contributed by atoms with Crippen LogP contribution in [-0.2, 0) is 4.74 Å². The Balaban J connectivity index is 1.43. The van der Waals surface area contributed by atoms with E-state index in [2.05, 4.69) is 10.6 Å². The largest absolute Gasteiger partial charge is 0.508 e. The number of carbonyl (C=O) groups excluding carboxylic acids is 3. The van der Waals surface area contributed by atoms with Crippen molar-refractivity contribution in [3.8, 4) is 11.5 Å². The number of ether oxygens (including phenoxy) is 1. The summed E-state index contributed by atoms with van der Waals surface area (Å²) in [6.07, 6.45) is 0.807. The summed E-state index contributed by atoms with van der Waals surface area (Å²) in [5.74, 6) is -1.27. The van der Waals surface area contributed by atoms with Gasteiger partial charge in [0, 0.05) is 17.7 Å². The van der Waals surface area contributed by atoms with Crippen LogP contribution in [0.25, 0.3) is 0 Å². The van der Waals surface area contributed by atoms with Crippen molar-refractivity contribution in [2.75, 3.05) is 13.1 Å². The number of esters is 1. The number of carbonyl (C=O) groups is 3. The van der Waals surface area contributed by atoms with Crippen molar-refractivity contribution in [3.63, 3.8) is 0 Å². The van der Waals surface area contributed by atoms with Crippen LogP contribution < -0.4 is 10.6 Å². The second kappa shape index (κ2) is 10.8. The first-order valence-corrected chi connectivity index (χ1v) is 11.4. The van der Waals surface area contributed by atoms with E-state index in [9.17, 15) is 24.6 Å². The lowest BCUT2D eigenvalue weighted by molar-refractivity contribution is 0.0192. The zero-order chi connectivity index (χ0) is 24.8. The van der Waals surface area contributed by atoms with Gasteiger partial charge in [-0.25, -0.2) is 4.79 Å². The minimum absolute atomic E-state index is 0.0674. The number of amides is 1. The van der Waals surface area contributed by atoms with Gasteiger partial charge in [-0.15, -0.1) is 0 Å². The fraction of sp³-hybridized carbons (Fsp3) is 0.222. The highest BCUT2D eigenvalue weighted by Crippen LogP contribution is 2.21. The molecule has 0 aromatic heterocycles. The number of phenolic OH excluding ortho intramolecular Hbond substituents is 2. The maximum absolute atomic E-state index is 12.9. The molecule has 1 heterocycles. The molecule has 0 unspecified atom stereocenters. The molecule has 0 saturated carbocycles. The van der Waals surface area contributed by atoms with Crippen LogP contribution >= 0.6 is 0 Å². The fourth-order valence-electron chi connectivity index (χ4n) is 3.95. The van der Waals surface area contributed by atoms with Crippen LogP contribution in [0.4, 0.5) is 0 Å². The molecule has 3 aromatic carbocycles. The molecule has 2 atom stereocenters. The summed E-state index contributed by atoms with van der Waals surface area (Å²) in [4.78, 5) is 38.2. The van der Waals surface area contributed by atoms with Crippen molar-refractivity contribution < 1.29 is 29.3 Å². The molecule has 35 heavy (non-hydrogen) atoms. The standard InChI is InChI=1S/C27H26N2O6/c30-20-13-11-18(12-14-20)26(33)29-22-16-28-15-3-6-24(22)35-27(34)19-9-7-17(8-10-19)25(32)21-4-1-2-5-23(21)31/h1-2,4-5,7-14,22,24,28,30-31H,3,6,15-16H2,(H,29,33)/t22-,24-/m1/s1. The van der Waals surface area contributed by atoms with E-state index in [1.54, 1.807) is 12.1 Å². The van der Waals surface area contributed by atoms with Crippen molar-refractivity contribution in [1.29, 1.82) is 0 Å². The lowest BCUT2D eigenvalue weighted by Gasteiger charge is -2.26. The van der Waals surface area contributed by atoms with E-state index in [1.807, 2.05) is 0 Å². The minimum Gasteiger partial charge on any atom is -0.508 e. The van der Waals surface area contributed by atoms with Crippen molar-refractivity contribution in [1.82, 2.24) is 10.6 Å². The zero-order valence-electron chi connectivity index (χ0n) is 18.9. The molecule has 0 spiro atoms. The summed E-state index contributed by atoms with van der Waals surface area (Å²) < 4.78 is 5.77. The van der Waals surface area contributed by atoms with Gasteiger partial charge in [0.05, 0.1) is 17.2 Å². The predicted octanol–water partition coefficient (Wildman–Crippen LogP) is 3.04. The third-order valence-corrected chi connectivity index (χ3v) is 5.89. The van der Waals surface area contributed by atoms with Crippen molar-refractivity contribution >= 4 is 17.7 Å². The van der Waals surface area contributed by atoms with Crippen molar-refractivity contribution in [2.45, 2.75) is 25.0 Å². The molecule has 4 rings (SSSR count). The number of hydrogen-bond acceptors (Lipinski definition) is 7. The van der Waals surface area contributed by atoms with Gasteiger partial charge >= 0.3 is 5.97 Å². The number of hydrogen-bond donors (Lipinski definition) is 4. The summed E-state index contributed by atoms with van der Waals surface area (Å²) in [7, 11) is 0. The Kier molecular flexibility index (Phi) is 7.42. The summed E-state index contributed by atoms with van der Waals surface area (Å²) in [5.41, 5.74) is 1.18. The average Bonchev–Trinajstić information content (AvgIpc) is 3.09. The van der Waals surface area contributed by atoms with Gasteiger partial charge in [0.1, 0.15) is 17.6 Å². The molecule has 3 aromatic rings. The highest BCUT2D eigenvalue weighted by atomic mass is 16.5. The van der Waals surface area contributed by atoms with E-state index in [-0.39, 0.29) is 34.3 Å². The second-order valence-corrected chi connectivity index (χ2v) is 8.34. The number of phenols is 2. The maximum Gasteiger partial charge on any atom is 0.338 e. The minimum atomic E-state index is -0.553. The van der Waals surface area contributed by atoms with E-state index < -0.39 is 18.1 Å². The van der Waals surface area contributed by atoms with Gasteiger partial charge in [0.25, 0.3) is 5.91 Å². The number of para-hydroxylation sites is 1. The molecule has 1 fully saturated rings. The van der Waals surface area contributed by atoms with E-state index in [0.29, 0.717) is 24.1 Å². The molecule has 8 heteroatoms. The van der Waals surface area contributed by atoms with Crippen LogP contribution in [0.2, 0.25) is 0 Å². The van der Waals surface area contributed by atoms with Crippen LogP contribution in [0.5, 0.6) is 11.5 Å². The number of ketones is 1. The first-order valence-electron chi connectivity index (χ1n) is 11.4. The maximum atomic E-state index is 12.9. The van der Waals surface area contributed by atoms with Crippen LogP contribution in [0.1, 0.15) is 49.5 Å². The highest BCUT2D eigenvalue weighted by molar-refractivity contribution is 6.11. The molecule has 1 aliphatic heterocycles. The Labute approximate surface area is 202 Å². The third-order valence-electron chi connectivity index (χ3n) is 5.89. The number of nitrogens with one attached hydrogen (secondary N) is 2. The first kappa shape index (κ1) is 24.0. The van der Waals surface area contributed by atoms with Gasteiger partial charge in [-0.05, 0) is 67.9 Å². The number of aromatic hydroxyl groups is 2. The fourth-order valence-corrected chi connectivity index (χ4v) is 3.95. The van der Waals surface area contributed by atoms with Gasteiger partial charge in [-0.3, -0.25) is 9.59 Å².